The number of nitrogens with one attached hydrogen (secondary N) is 2. The molecule has 5 nitrogen and oxygen atoms in total. The molecule has 1 aliphatic rings. The minimum absolute atomic E-state index is 0.290. The zero-order chi connectivity index (χ0) is 11.9. The van der Waals surface area contributed by atoms with Crippen LogP contribution in [0.15, 0.2) is 11.8 Å². The van der Waals surface area contributed by atoms with Gasteiger partial charge < -0.3 is 9.88 Å². The third-order valence-electron chi connectivity index (χ3n) is 2.83. The summed E-state index contributed by atoms with van der Waals surface area (Å²) in [6, 6.07) is 1.50. The van der Waals surface area contributed by atoms with Crippen LogP contribution in [0.25, 0.3) is 6.08 Å². The number of hydrogen-bond acceptors (Lipinski definition) is 2. The largest absolute Gasteiger partial charge is 0.352 e. The van der Waals surface area contributed by atoms with Crippen molar-refractivity contribution in [2.24, 2.45) is 7.05 Å². The molecule has 1 aromatic heterocycles. The van der Waals surface area contributed by atoms with Crippen LogP contribution in [-0.4, -0.2) is 16.5 Å². The number of aromatic nitrogens is 1. The van der Waals surface area contributed by atoms with Crippen molar-refractivity contribution in [2.45, 2.75) is 13.8 Å². The predicted molar refractivity (Wildman–Crippen MR) is 59.5 cm³/mol. The molecule has 0 radical (unpaired) electrons. The molecule has 16 heavy (non-hydrogen) atoms. The molecular weight excluding hydrogens is 206 g/mol. The number of carbonyl (C=O) groups is 2. The molecule has 0 unspecified atom stereocenters. The van der Waals surface area contributed by atoms with Crippen molar-refractivity contribution in [1.29, 1.82) is 0 Å². The van der Waals surface area contributed by atoms with E-state index in [0.29, 0.717) is 5.70 Å². The van der Waals surface area contributed by atoms with Gasteiger partial charge >= 0.3 is 6.03 Å². The smallest absolute Gasteiger partial charge is 0.326 e. The molecule has 1 aliphatic heterocycles. The Hall–Kier alpha value is -2.04. The average molecular weight is 219 g/mol. The van der Waals surface area contributed by atoms with Crippen LogP contribution in [0.1, 0.15) is 17.0 Å². The molecule has 0 aliphatic carbocycles. The molecular formula is C11H13N3O2. The number of rotatable bonds is 1. The summed E-state index contributed by atoms with van der Waals surface area (Å²) in [6.07, 6.45) is 1.68. The maximum atomic E-state index is 11.3. The summed E-state index contributed by atoms with van der Waals surface area (Å²) in [5.74, 6) is -0.383. The minimum atomic E-state index is -0.471. The molecule has 1 aromatic rings. The first-order valence-corrected chi connectivity index (χ1v) is 4.96. The predicted octanol–water partition coefficient (Wildman–Crippen LogP) is 0.822. The van der Waals surface area contributed by atoms with Gasteiger partial charge in [-0.15, -0.1) is 0 Å². The van der Waals surface area contributed by atoms with Crippen molar-refractivity contribution in [3.05, 3.63) is 28.7 Å². The van der Waals surface area contributed by atoms with Crippen molar-refractivity contribution in [1.82, 2.24) is 15.2 Å². The van der Waals surface area contributed by atoms with Gasteiger partial charge in [0.25, 0.3) is 5.91 Å². The van der Waals surface area contributed by atoms with E-state index in [1.807, 2.05) is 31.5 Å². The summed E-state index contributed by atoms with van der Waals surface area (Å²) in [5, 5.41) is 4.62. The lowest BCUT2D eigenvalue weighted by molar-refractivity contribution is -0.115. The normalized spacial score (nSPS) is 17.8. The van der Waals surface area contributed by atoms with Gasteiger partial charge in [-0.1, -0.05) is 0 Å². The zero-order valence-electron chi connectivity index (χ0n) is 9.42. The van der Waals surface area contributed by atoms with Crippen LogP contribution >= 0.6 is 0 Å². The lowest BCUT2D eigenvalue weighted by Crippen LogP contribution is -2.22. The van der Waals surface area contributed by atoms with Crippen LogP contribution in [0.4, 0.5) is 4.79 Å². The fraction of sp³-hybridized carbons (Fsp3) is 0.273. The first-order valence-electron chi connectivity index (χ1n) is 4.96. The summed E-state index contributed by atoms with van der Waals surface area (Å²) in [7, 11) is 1.96. The van der Waals surface area contributed by atoms with E-state index < -0.39 is 6.03 Å². The Kier molecular flexibility index (Phi) is 2.30. The third kappa shape index (κ3) is 1.60. The van der Waals surface area contributed by atoms with Gasteiger partial charge in [-0.05, 0) is 31.6 Å². The number of carbonyl (C=O) groups excluding carboxylic acids is 2. The van der Waals surface area contributed by atoms with Crippen LogP contribution in [-0.2, 0) is 11.8 Å². The topological polar surface area (TPSA) is 63.1 Å². The Bertz CT molecular complexity index is 512. The Morgan fingerprint density at radius 3 is 2.38 bits per heavy atom. The summed E-state index contributed by atoms with van der Waals surface area (Å²) in [4.78, 5) is 22.2. The van der Waals surface area contributed by atoms with Gasteiger partial charge in [-0.25, -0.2) is 4.79 Å². The molecule has 0 spiro atoms. The second kappa shape index (κ2) is 3.52. The van der Waals surface area contributed by atoms with Gasteiger partial charge in [0.15, 0.2) is 0 Å². The number of nitrogens with zero attached hydrogens (tertiary/aromatic N) is 1. The monoisotopic (exact) mass is 219 g/mol. The number of hydrogen-bond donors (Lipinski definition) is 2. The minimum Gasteiger partial charge on any atom is -0.352 e. The molecule has 2 N–H and O–H groups in total. The molecule has 1 fully saturated rings. The molecule has 0 saturated carbocycles. The van der Waals surface area contributed by atoms with Crippen LogP contribution in [0.3, 0.4) is 0 Å². The van der Waals surface area contributed by atoms with E-state index in [0.717, 1.165) is 17.0 Å². The zero-order valence-corrected chi connectivity index (χ0v) is 9.42. The Labute approximate surface area is 93.1 Å². The van der Waals surface area contributed by atoms with Crippen molar-refractivity contribution in [3.8, 4) is 0 Å². The SMILES string of the molecule is Cc1cc(/C=C2\NC(=O)NC2=O)c(C)n1C. The highest BCUT2D eigenvalue weighted by molar-refractivity contribution is 6.14. The molecule has 0 aromatic carbocycles. The lowest BCUT2D eigenvalue weighted by Gasteiger charge is -1.99. The summed E-state index contributed by atoms with van der Waals surface area (Å²) in [5.41, 5.74) is 3.39. The van der Waals surface area contributed by atoms with Crippen LogP contribution < -0.4 is 10.6 Å². The van der Waals surface area contributed by atoms with E-state index in [-0.39, 0.29) is 5.91 Å². The summed E-state index contributed by atoms with van der Waals surface area (Å²) in [6.45, 7) is 3.95. The first kappa shape index (κ1) is 10.5. The maximum Gasteiger partial charge on any atom is 0.326 e. The van der Waals surface area contributed by atoms with Crippen molar-refractivity contribution in [3.63, 3.8) is 0 Å². The molecule has 3 amide bonds. The van der Waals surface area contributed by atoms with Gasteiger partial charge in [0, 0.05) is 18.4 Å². The number of aryl methyl sites for hydroxylation is 1. The maximum absolute atomic E-state index is 11.3. The van der Waals surface area contributed by atoms with Crippen molar-refractivity contribution < 1.29 is 9.59 Å². The van der Waals surface area contributed by atoms with Gasteiger partial charge in [-0.2, -0.15) is 0 Å². The number of amides is 3. The highest BCUT2D eigenvalue weighted by Gasteiger charge is 2.23. The van der Waals surface area contributed by atoms with E-state index in [1.54, 1.807) is 6.08 Å². The summed E-state index contributed by atoms with van der Waals surface area (Å²) >= 11 is 0. The Morgan fingerprint density at radius 2 is 1.94 bits per heavy atom. The van der Waals surface area contributed by atoms with Crippen molar-refractivity contribution >= 4 is 18.0 Å². The Morgan fingerprint density at radius 1 is 1.25 bits per heavy atom. The average Bonchev–Trinajstić information content (AvgIpc) is 2.64. The van der Waals surface area contributed by atoms with Gasteiger partial charge in [0.2, 0.25) is 0 Å². The Balaban J connectivity index is 2.40. The molecule has 2 rings (SSSR count). The van der Waals surface area contributed by atoms with E-state index in [1.165, 1.54) is 0 Å². The van der Waals surface area contributed by atoms with Crippen LogP contribution in [0.2, 0.25) is 0 Å². The number of imide groups is 1. The highest BCUT2D eigenvalue weighted by Crippen LogP contribution is 2.16. The second-order valence-electron chi connectivity index (χ2n) is 3.85. The van der Waals surface area contributed by atoms with E-state index in [2.05, 4.69) is 10.6 Å². The fourth-order valence-electron chi connectivity index (χ4n) is 1.67. The highest BCUT2D eigenvalue weighted by atomic mass is 16.2. The standard InChI is InChI=1S/C11H13N3O2/c1-6-4-8(7(2)14(6)3)5-9-10(15)13-11(16)12-9/h4-5H,1-3H3,(H2,12,13,15,16)/b9-5-. The molecule has 0 bridgehead atoms. The van der Waals surface area contributed by atoms with Gasteiger partial charge in [0.1, 0.15) is 5.70 Å². The molecule has 84 valence electrons. The third-order valence-corrected chi connectivity index (χ3v) is 2.83. The molecule has 1 saturated heterocycles. The van der Waals surface area contributed by atoms with Crippen LogP contribution in [0.5, 0.6) is 0 Å². The summed E-state index contributed by atoms with van der Waals surface area (Å²) < 4.78 is 2.03. The molecule has 2 heterocycles. The lowest BCUT2D eigenvalue weighted by atomic mass is 10.2. The molecule has 5 heteroatoms. The first-order chi connectivity index (χ1) is 7.49. The van der Waals surface area contributed by atoms with Crippen LogP contribution in [0, 0.1) is 13.8 Å². The van der Waals surface area contributed by atoms with E-state index >= 15 is 0 Å². The van der Waals surface area contributed by atoms with Gasteiger partial charge in [-0.3, -0.25) is 10.1 Å². The number of urea groups is 1. The second-order valence-corrected chi connectivity index (χ2v) is 3.85. The van der Waals surface area contributed by atoms with Crippen molar-refractivity contribution in [2.75, 3.05) is 0 Å². The van der Waals surface area contributed by atoms with E-state index in [9.17, 15) is 9.59 Å². The quantitative estimate of drug-likeness (QED) is 0.542. The molecule has 0 atom stereocenters. The fourth-order valence-corrected chi connectivity index (χ4v) is 1.67. The van der Waals surface area contributed by atoms with Gasteiger partial charge in [0.05, 0.1) is 0 Å². The van der Waals surface area contributed by atoms with E-state index in [4.69, 9.17) is 0 Å².